The van der Waals surface area contributed by atoms with Crippen LogP contribution in [-0.2, 0) is 6.42 Å². The number of rotatable bonds is 4. The lowest BCUT2D eigenvalue weighted by Crippen LogP contribution is -2.05. The van der Waals surface area contributed by atoms with Gasteiger partial charge in [-0.3, -0.25) is 0 Å². The predicted molar refractivity (Wildman–Crippen MR) is 82.8 cm³/mol. The number of alkyl halides is 1. The molecule has 1 atom stereocenters. The Morgan fingerprint density at radius 3 is 2.42 bits per heavy atom. The van der Waals surface area contributed by atoms with Gasteiger partial charge in [0.1, 0.15) is 5.82 Å². The molecule has 0 radical (unpaired) electrons. The zero-order valence-electron chi connectivity index (χ0n) is 10.7. The molecule has 0 fully saturated rings. The van der Waals surface area contributed by atoms with Gasteiger partial charge in [0.25, 0.3) is 0 Å². The van der Waals surface area contributed by atoms with E-state index in [4.69, 9.17) is 11.6 Å². The second-order valence-corrected chi connectivity index (χ2v) is 5.76. The molecule has 2 aromatic rings. The highest BCUT2D eigenvalue weighted by Gasteiger charge is 2.13. The maximum atomic E-state index is 13.0. The van der Waals surface area contributed by atoms with E-state index < -0.39 is 0 Å². The summed E-state index contributed by atoms with van der Waals surface area (Å²) < 4.78 is 13.0. The first-order valence-corrected chi connectivity index (χ1v) is 7.66. The van der Waals surface area contributed by atoms with Crippen LogP contribution in [0.25, 0.3) is 0 Å². The SMILES string of the molecule is Cc1ccc(C(CBr)Cc2ccc(F)cc2Cl)cc1. The third kappa shape index (κ3) is 3.80. The Bertz CT molecular complexity index is 551. The summed E-state index contributed by atoms with van der Waals surface area (Å²) in [5.41, 5.74) is 3.49. The topological polar surface area (TPSA) is 0 Å². The molecular formula is C16H15BrClF. The van der Waals surface area contributed by atoms with Crippen molar-refractivity contribution in [2.24, 2.45) is 0 Å². The molecule has 0 spiro atoms. The minimum Gasteiger partial charge on any atom is -0.207 e. The van der Waals surface area contributed by atoms with Gasteiger partial charge >= 0.3 is 0 Å². The molecule has 19 heavy (non-hydrogen) atoms. The third-order valence-corrected chi connectivity index (χ3v) is 4.35. The van der Waals surface area contributed by atoms with Crippen molar-refractivity contribution in [3.8, 4) is 0 Å². The number of benzene rings is 2. The van der Waals surface area contributed by atoms with E-state index in [1.807, 2.05) is 0 Å². The van der Waals surface area contributed by atoms with E-state index in [9.17, 15) is 4.39 Å². The lowest BCUT2D eigenvalue weighted by atomic mass is 9.93. The normalized spacial score (nSPS) is 12.4. The minimum absolute atomic E-state index is 0.292. The Kier molecular flexibility index (Phi) is 5.00. The maximum Gasteiger partial charge on any atom is 0.124 e. The first-order valence-electron chi connectivity index (χ1n) is 6.16. The van der Waals surface area contributed by atoms with Crippen LogP contribution in [0.5, 0.6) is 0 Å². The Balaban J connectivity index is 2.21. The van der Waals surface area contributed by atoms with Crippen molar-refractivity contribution in [1.82, 2.24) is 0 Å². The molecule has 3 heteroatoms. The van der Waals surface area contributed by atoms with Crippen LogP contribution in [-0.4, -0.2) is 5.33 Å². The van der Waals surface area contributed by atoms with E-state index in [2.05, 4.69) is 47.1 Å². The second-order valence-electron chi connectivity index (χ2n) is 4.70. The summed E-state index contributed by atoms with van der Waals surface area (Å²) in [5.74, 6) is 0.0445. The molecule has 0 aliphatic heterocycles. The number of hydrogen-bond acceptors (Lipinski definition) is 0. The quantitative estimate of drug-likeness (QED) is 0.643. The van der Waals surface area contributed by atoms with Gasteiger partial charge in [-0.1, -0.05) is 63.4 Å². The molecule has 0 bridgehead atoms. The highest BCUT2D eigenvalue weighted by molar-refractivity contribution is 9.09. The van der Waals surface area contributed by atoms with Crippen LogP contribution in [0.15, 0.2) is 42.5 Å². The minimum atomic E-state index is -0.292. The fourth-order valence-electron chi connectivity index (χ4n) is 2.05. The average Bonchev–Trinajstić information content (AvgIpc) is 2.39. The van der Waals surface area contributed by atoms with Crippen molar-refractivity contribution in [3.63, 3.8) is 0 Å². The van der Waals surface area contributed by atoms with Gasteiger partial charge in [0, 0.05) is 10.4 Å². The van der Waals surface area contributed by atoms with Crippen LogP contribution in [0.3, 0.4) is 0 Å². The van der Waals surface area contributed by atoms with Gasteiger partial charge in [0.15, 0.2) is 0 Å². The molecule has 100 valence electrons. The Morgan fingerprint density at radius 2 is 1.84 bits per heavy atom. The summed E-state index contributed by atoms with van der Waals surface area (Å²) in [7, 11) is 0. The van der Waals surface area contributed by atoms with Crippen molar-refractivity contribution >= 4 is 27.5 Å². The van der Waals surface area contributed by atoms with Crippen molar-refractivity contribution in [2.75, 3.05) is 5.33 Å². The molecule has 0 heterocycles. The maximum absolute atomic E-state index is 13.0. The zero-order valence-corrected chi connectivity index (χ0v) is 13.0. The van der Waals surface area contributed by atoms with E-state index in [-0.39, 0.29) is 5.82 Å². The monoisotopic (exact) mass is 340 g/mol. The zero-order chi connectivity index (χ0) is 13.8. The Morgan fingerprint density at radius 1 is 1.16 bits per heavy atom. The number of hydrogen-bond donors (Lipinski definition) is 0. The van der Waals surface area contributed by atoms with Crippen LogP contribution in [0.1, 0.15) is 22.6 Å². The molecular weight excluding hydrogens is 327 g/mol. The fraction of sp³-hybridized carbons (Fsp3) is 0.250. The van der Waals surface area contributed by atoms with Crippen LogP contribution in [0.2, 0.25) is 5.02 Å². The second kappa shape index (κ2) is 6.53. The molecule has 0 saturated heterocycles. The van der Waals surface area contributed by atoms with Gasteiger partial charge < -0.3 is 0 Å². The number of halogens is 3. The lowest BCUT2D eigenvalue weighted by molar-refractivity contribution is 0.626. The predicted octanol–water partition coefficient (Wildman–Crippen LogP) is 5.51. The first kappa shape index (κ1) is 14.5. The van der Waals surface area contributed by atoms with Gasteiger partial charge in [0.2, 0.25) is 0 Å². The van der Waals surface area contributed by atoms with Crippen LogP contribution >= 0.6 is 27.5 Å². The van der Waals surface area contributed by atoms with E-state index in [0.717, 1.165) is 17.3 Å². The molecule has 0 aliphatic carbocycles. The van der Waals surface area contributed by atoms with Gasteiger partial charge in [-0.05, 0) is 42.5 Å². The van der Waals surface area contributed by atoms with E-state index in [0.29, 0.717) is 10.9 Å². The van der Waals surface area contributed by atoms with Crippen molar-refractivity contribution in [1.29, 1.82) is 0 Å². The molecule has 2 rings (SSSR count). The molecule has 0 aliphatic rings. The van der Waals surface area contributed by atoms with Gasteiger partial charge in [0.05, 0.1) is 0 Å². The Labute approximate surface area is 126 Å². The smallest absolute Gasteiger partial charge is 0.124 e. The summed E-state index contributed by atoms with van der Waals surface area (Å²) >= 11 is 9.64. The summed E-state index contributed by atoms with van der Waals surface area (Å²) in [4.78, 5) is 0. The van der Waals surface area contributed by atoms with Crippen LogP contribution in [0, 0.1) is 12.7 Å². The van der Waals surface area contributed by atoms with Crippen LogP contribution < -0.4 is 0 Å². The molecule has 1 unspecified atom stereocenters. The molecule has 0 nitrogen and oxygen atoms in total. The lowest BCUT2D eigenvalue weighted by Gasteiger charge is -2.16. The van der Waals surface area contributed by atoms with Crippen molar-refractivity contribution in [3.05, 3.63) is 70.0 Å². The average molecular weight is 342 g/mol. The van der Waals surface area contributed by atoms with Gasteiger partial charge in [-0.25, -0.2) is 4.39 Å². The summed E-state index contributed by atoms with van der Waals surface area (Å²) in [6, 6.07) is 13.1. The van der Waals surface area contributed by atoms with Crippen molar-refractivity contribution < 1.29 is 4.39 Å². The molecule has 2 aromatic carbocycles. The highest BCUT2D eigenvalue weighted by Crippen LogP contribution is 2.27. The summed E-state index contributed by atoms with van der Waals surface area (Å²) in [6.07, 6.45) is 0.799. The first-order chi connectivity index (χ1) is 9.10. The van der Waals surface area contributed by atoms with Crippen molar-refractivity contribution in [2.45, 2.75) is 19.3 Å². The Hall–Kier alpha value is -0.860. The summed E-state index contributed by atoms with van der Waals surface area (Å²) in [5, 5.41) is 1.35. The van der Waals surface area contributed by atoms with Crippen LogP contribution in [0.4, 0.5) is 4.39 Å². The fourth-order valence-corrected chi connectivity index (χ4v) is 2.90. The third-order valence-electron chi connectivity index (χ3n) is 3.22. The molecule has 0 saturated carbocycles. The highest BCUT2D eigenvalue weighted by atomic mass is 79.9. The van der Waals surface area contributed by atoms with Gasteiger partial charge in [-0.2, -0.15) is 0 Å². The van der Waals surface area contributed by atoms with Gasteiger partial charge in [-0.15, -0.1) is 0 Å². The molecule has 0 aromatic heterocycles. The number of aryl methyl sites for hydroxylation is 1. The molecule has 0 N–H and O–H groups in total. The standard InChI is InChI=1S/C16H15BrClF/c1-11-2-4-12(5-3-11)14(10-17)8-13-6-7-15(19)9-16(13)18/h2-7,9,14H,8,10H2,1H3. The largest absolute Gasteiger partial charge is 0.207 e. The molecule has 0 amide bonds. The van der Waals surface area contributed by atoms with E-state index in [1.165, 1.54) is 23.3 Å². The summed E-state index contributed by atoms with van der Waals surface area (Å²) in [6.45, 7) is 2.07. The van der Waals surface area contributed by atoms with E-state index in [1.54, 1.807) is 6.07 Å². The van der Waals surface area contributed by atoms with E-state index >= 15 is 0 Å².